The summed E-state index contributed by atoms with van der Waals surface area (Å²) in [6.07, 6.45) is 0. The fourth-order valence-corrected chi connectivity index (χ4v) is 3.97. The number of carbonyl (C=O) groups is 2. The molecule has 1 saturated heterocycles. The molecule has 0 spiro atoms. The van der Waals surface area contributed by atoms with Gasteiger partial charge >= 0.3 is 0 Å². The minimum atomic E-state index is -0.105. The third kappa shape index (κ3) is 5.48. The van der Waals surface area contributed by atoms with Crippen molar-refractivity contribution in [2.24, 2.45) is 5.92 Å². The second kappa shape index (κ2) is 10.6. The zero-order valence-electron chi connectivity index (χ0n) is 19.8. The Balaban J connectivity index is 1.99. The standard InChI is InChI=1S/C24H34N4O4/c1-17(2)24(30)28(12-13-31-4)16-20-14-19-6-7-21(32-5)15-22(19)25-23(20)27-10-8-26(9-11-27)18(3)29/h6-7,14-15,17H,8-13,16H2,1-5H3. The van der Waals surface area contributed by atoms with Gasteiger partial charge in [0.25, 0.3) is 0 Å². The van der Waals surface area contributed by atoms with Crippen LogP contribution in [0.25, 0.3) is 10.9 Å². The lowest BCUT2D eigenvalue weighted by Gasteiger charge is -2.36. The summed E-state index contributed by atoms with van der Waals surface area (Å²) in [4.78, 5) is 35.5. The Morgan fingerprint density at radius 1 is 1.12 bits per heavy atom. The lowest BCUT2D eigenvalue weighted by Crippen LogP contribution is -2.48. The molecule has 0 saturated carbocycles. The molecule has 1 fully saturated rings. The van der Waals surface area contributed by atoms with Crippen LogP contribution in [0.2, 0.25) is 0 Å². The van der Waals surface area contributed by atoms with E-state index in [1.165, 1.54) is 0 Å². The number of piperazine rings is 1. The summed E-state index contributed by atoms with van der Waals surface area (Å²) in [5, 5.41) is 0.996. The fraction of sp³-hybridized carbons (Fsp3) is 0.542. The molecule has 1 aromatic heterocycles. The number of nitrogens with zero attached hydrogens (tertiary/aromatic N) is 4. The molecular formula is C24H34N4O4. The van der Waals surface area contributed by atoms with Crippen molar-refractivity contribution >= 4 is 28.5 Å². The van der Waals surface area contributed by atoms with Gasteiger partial charge in [0.05, 0.1) is 19.2 Å². The molecule has 0 N–H and O–H groups in total. The molecule has 8 heteroatoms. The van der Waals surface area contributed by atoms with E-state index in [1.54, 1.807) is 21.1 Å². The maximum Gasteiger partial charge on any atom is 0.225 e. The molecule has 8 nitrogen and oxygen atoms in total. The molecule has 1 aliphatic rings. The highest BCUT2D eigenvalue weighted by Gasteiger charge is 2.25. The number of fused-ring (bicyclic) bond motifs is 1. The van der Waals surface area contributed by atoms with Crippen molar-refractivity contribution in [3.63, 3.8) is 0 Å². The van der Waals surface area contributed by atoms with Gasteiger partial charge in [-0.15, -0.1) is 0 Å². The predicted octanol–water partition coefficient (Wildman–Crippen LogP) is 2.54. The molecule has 2 aromatic rings. The Kier molecular flexibility index (Phi) is 7.90. The molecule has 1 aliphatic heterocycles. The third-order valence-corrected chi connectivity index (χ3v) is 5.84. The molecular weight excluding hydrogens is 408 g/mol. The first-order chi connectivity index (χ1) is 15.3. The fourth-order valence-electron chi connectivity index (χ4n) is 3.97. The Morgan fingerprint density at radius 3 is 2.44 bits per heavy atom. The molecule has 0 unspecified atom stereocenters. The zero-order valence-corrected chi connectivity index (χ0v) is 19.8. The van der Waals surface area contributed by atoms with Crippen LogP contribution >= 0.6 is 0 Å². The molecule has 0 aliphatic carbocycles. The number of hydrogen-bond acceptors (Lipinski definition) is 6. The summed E-state index contributed by atoms with van der Waals surface area (Å²) in [7, 11) is 3.28. The highest BCUT2D eigenvalue weighted by atomic mass is 16.5. The summed E-state index contributed by atoms with van der Waals surface area (Å²) in [5.41, 5.74) is 1.83. The van der Waals surface area contributed by atoms with E-state index < -0.39 is 0 Å². The molecule has 1 aromatic carbocycles. The van der Waals surface area contributed by atoms with Gasteiger partial charge in [-0.1, -0.05) is 13.8 Å². The maximum atomic E-state index is 12.9. The second-order valence-electron chi connectivity index (χ2n) is 8.43. The highest BCUT2D eigenvalue weighted by molar-refractivity contribution is 5.84. The predicted molar refractivity (Wildman–Crippen MR) is 125 cm³/mol. The summed E-state index contributed by atoms with van der Waals surface area (Å²) >= 11 is 0. The van der Waals surface area contributed by atoms with E-state index in [4.69, 9.17) is 14.5 Å². The van der Waals surface area contributed by atoms with Crippen molar-refractivity contribution < 1.29 is 19.1 Å². The summed E-state index contributed by atoms with van der Waals surface area (Å²) in [6, 6.07) is 7.95. The number of pyridine rings is 1. The van der Waals surface area contributed by atoms with E-state index in [9.17, 15) is 9.59 Å². The van der Waals surface area contributed by atoms with Gasteiger partial charge in [0.15, 0.2) is 0 Å². The largest absolute Gasteiger partial charge is 0.497 e. The van der Waals surface area contributed by atoms with Gasteiger partial charge in [-0.2, -0.15) is 0 Å². The second-order valence-corrected chi connectivity index (χ2v) is 8.43. The van der Waals surface area contributed by atoms with Crippen LogP contribution in [0.4, 0.5) is 5.82 Å². The first-order valence-corrected chi connectivity index (χ1v) is 11.1. The zero-order chi connectivity index (χ0) is 23.3. The van der Waals surface area contributed by atoms with Crippen LogP contribution in [0.15, 0.2) is 24.3 Å². The average Bonchev–Trinajstić information content (AvgIpc) is 2.80. The smallest absolute Gasteiger partial charge is 0.225 e. The number of aromatic nitrogens is 1. The molecule has 32 heavy (non-hydrogen) atoms. The molecule has 0 bridgehead atoms. The molecule has 2 amide bonds. The monoisotopic (exact) mass is 442 g/mol. The highest BCUT2D eigenvalue weighted by Crippen LogP contribution is 2.28. The minimum absolute atomic E-state index is 0.0872. The quantitative estimate of drug-likeness (QED) is 0.626. The number of anilines is 1. The number of amides is 2. The normalized spacial score (nSPS) is 14.2. The number of ether oxygens (including phenoxy) is 2. The summed E-state index contributed by atoms with van der Waals surface area (Å²) in [5.74, 6) is 1.68. The molecule has 174 valence electrons. The number of methoxy groups -OCH3 is 2. The van der Waals surface area contributed by atoms with E-state index in [2.05, 4.69) is 11.0 Å². The Hall–Kier alpha value is -2.87. The lowest BCUT2D eigenvalue weighted by atomic mass is 10.1. The summed E-state index contributed by atoms with van der Waals surface area (Å²) in [6.45, 7) is 9.59. The van der Waals surface area contributed by atoms with Crippen molar-refractivity contribution in [3.05, 3.63) is 29.8 Å². The van der Waals surface area contributed by atoms with Gasteiger partial charge in [-0.25, -0.2) is 4.98 Å². The Labute approximate surface area is 190 Å². The van der Waals surface area contributed by atoms with Crippen molar-refractivity contribution in [1.29, 1.82) is 0 Å². The Morgan fingerprint density at radius 2 is 1.84 bits per heavy atom. The number of hydrogen-bond donors (Lipinski definition) is 0. The van der Waals surface area contributed by atoms with Gasteiger partial charge in [0, 0.05) is 76.2 Å². The van der Waals surface area contributed by atoms with Crippen LogP contribution in [0.5, 0.6) is 5.75 Å². The topological polar surface area (TPSA) is 75.2 Å². The van der Waals surface area contributed by atoms with Gasteiger partial charge in [0.1, 0.15) is 11.6 Å². The van der Waals surface area contributed by atoms with Crippen LogP contribution in [0.3, 0.4) is 0 Å². The van der Waals surface area contributed by atoms with Crippen molar-refractivity contribution in [2.75, 3.05) is 58.5 Å². The van der Waals surface area contributed by atoms with Crippen molar-refractivity contribution in [3.8, 4) is 5.75 Å². The van der Waals surface area contributed by atoms with E-state index in [1.807, 2.05) is 41.8 Å². The van der Waals surface area contributed by atoms with Gasteiger partial charge in [-0.05, 0) is 18.2 Å². The van der Waals surface area contributed by atoms with Crippen LogP contribution in [-0.2, 0) is 20.9 Å². The average molecular weight is 443 g/mol. The van der Waals surface area contributed by atoms with Crippen LogP contribution in [0, 0.1) is 5.92 Å². The summed E-state index contributed by atoms with van der Waals surface area (Å²) < 4.78 is 10.6. The number of benzene rings is 1. The third-order valence-electron chi connectivity index (χ3n) is 5.84. The SMILES string of the molecule is COCCN(Cc1cc2ccc(OC)cc2nc1N1CCN(C(C)=O)CC1)C(=O)C(C)C. The number of rotatable bonds is 8. The van der Waals surface area contributed by atoms with Gasteiger partial charge < -0.3 is 24.2 Å². The molecule has 2 heterocycles. The minimum Gasteiger partial charge on any atom is -0.497 e. The van der Waals surface area contributed by atoms with Crippen LogP contribution < -0.4 is 9.64 Å². The molecule has 0 radical (unpaired) electrons. The van der Waals surface area contributed by atoms with Gasteiger partial charge in [-0.3, -0.25) is 9.59 Å². The van der Waals surface area contributed by atoms with E-state index in [0.717, 1.165) is 28.0 Å². The van der Waals surface area contributed by atoms with Gasteiger partial charge in [0.2, 0.25) is 11.8 Å². The molecule has 0 atom stereocenters. The molecule has 3 rings (SSSR count). The first-order valence-electron chi connectivity index (χ1n) is 11.1. The van der Waals surface area contributed by atoms with E-state index in [-0.39, 0.29) is 17.7 Å². The van der Waals surface area contributed by atoms with E-state index in [0.29, 0.717) is 45.9 Å². The van der Waals surface area contributed by atoms with Crippen molar-refractivity contribution in [2.45, 2.75) is 27.3 Å². The van der Waals surface area contributed by atoms with Crippen molar-refractivity contribution in [1.82, 2.24) is 14.8 Å². The Bertz CT molecular complexity index is 954. The lowest BCUT2D eigenvalue weighted by molar-refractivity contribution is -0.135. The van der Waals surface area contributed by atoms with Crippen LogP contribution in [-0.4, -0.2) is 80.1 Å². The van der Waals surface area contributed by atoms with Crippen LogP contribution in [0.1, 0.15) is 26.3 Å². The maximum absolute atomic E-state index is 12.9. The number of carbonyl (C=O) groups excluding carboxylic acids is 2. The van der Waals surface area contributed by atoms with E-state index >= 15 is 0 Å². The first kappa shape index (κ1) is 23.8.